The smallest absolute Gasteiger partial charge is 0.147 e. The molecule has 2 rings (SSSR count). The van der Waals surface area contributed by atoms with Gasteiger partial charge in [-0.1, -0.05) is 11.6 Å². The van der Waals surface area contributed by atoms with Crippen molar-refractivity contribution in [2.75, 3.05) is 0 Å². The summed E-state index contributed by atoms with van der Waals surface area (Å²) in [5.41, 5.74) is 2.35. The van der Waals surface area contributed by atoms with Gasteiger partial charge in [0.25, 0.3) is 0 Å². The zero-order valence-electron chi connectivity index (χ0n) is 8.62. The molecule has 0 saturated carbocycles. The molecule has 0 radical (unpaired) electrons. The average molecular weight is 223 g/mol. The number of halogens is 1. The van der Waals surface area contributed by atoms with E-state index in [1.54, 1.807) is 6.07 Å². The van der Waals surface area contributed by atoms with Crippen molar-refractivity contribution in [3.8, 4) is 6.07 Å². The van der Waals surface area contributed by atoms with E-state index < -0.39 is 0 Å². The van der Waals surface area contributed by atoms with E-state index in [0.717, 1.165) is 17.7 Å². The number of nitriles is 1. The van der Waals surface area contributed by atoms with Crippen LogP contribution in [0, 0.1) is 11.3 Å². The summed E-state index contributed by atoms with van der Waals surface area (Å²) in [6.45, 7) is 3.97. The number of rotatable bonds is 0. The monoisotopic (exact) mass is 222 g/mol. The number of hydrogen-bond donors (Lipinski definition) is 0. The minimum Gasteiger partial charge on any atom is -0.370 e. The molecule has 2 unspecified atom stereocenters. The first-order valence-corrected chi connectivity index (χ1v) is 5.24. The van der Waals surface area contributed by atoms with Crippen LogP contribution in [0.15, 0.2) is 6.07 Å². The number of nitrogens with zero attached hydrogens (tertiary/aromatic N) is 2. The Bertz CT molecular complexity index is 439. The van der Waals surface area contributed by atoms with Crippen molar-refractivity contribution in [1.29, 1.82) is 5.26 Å². The van der Waals surface area contributed by atoms with Crippen LogP contribution in [0.25, 0.3) is 0 Å². The first kappa shape index (κ1) is 10.4. The van der Waals surface area contributed by atoms with Gasteiger partial charge in [0.1, 0.15) is 11.2 Å². The Hall–Kier alpha value is -1.11. The summed E-state index contributed by atoms with van der Waals surface area (Å²) in [5, 5.41) is 9.13. The Morgan fingerprint density at radius 3 is 3.00 bits per heavy atom. The quantitative estimate of drug-likeness (QED) is 0.634. The SMILES string of the molecule is CC1Cc2nc(Cl)c(C#N)cc2C(C)O1. The minimum atomic E-state index is -0.0133. The molecule has 0 fully saturated rings. The average Bonchev–Trinajstić information content (AvgIpc) is 2.16. The van der Waals surface area contributed by atoms with Crippen LogP contribution in [0.5, 0.6) is 0 Å². The molecule has 0 aliphatic carbocycles. The summed E-state index contributed by atoms with van der Waals surface area (Å²) in [7, 11) is 0. The number of pyridine rings is 1. The summed E-state index contributed by atoms with van der Waals surface area (Å²) in [6, 6.07) is 3.81. The summed E-state index contributed by atoms with van der Waals surface area (Å²) in [4.78, 5) is 4.25. The first-order valence-electron chi connectivity index (χ1n) is 4.86. The van der Waals surface area contributed by atoms with Crippen LogP contribution < -0.4 is 0 Å². The van der Waals surface area contributed by atoms with E-state index in [4.69, 9.17) is 21.6 Å². The van der Waals surface area contributed by atoms with Gasteiger partial charge >= 0.3 is 0 Å². The molecule has 2 atom stereocenters. The van der Waals surface area contributed by atoms with E-state index in [1.807, 2.05) is 19.9 Å². The fourth-order valence-corrected chi connectivity index (χ4v) is 2.08. The molecular formula is C11H11ClN2O. The van der Waals surface area contributed by atoms with Crippen LogP contribution >= 0.6 is 11.6 Å². The fraction of sp³-hybridized carbons (Fsp3) is 0.455. The highest BCUT2D eigenvalue weighted by molar-refractivity contribution is 6.30. The third-order valence-electron chi connectivity index (χ3n) is 2.56. The second kappa shape index (κ2) is 3.80. The van der Waals surface area contributed by atoms with E-state index in [9.17, 15) is 0 Å². The summed E-state index contributed by atoms with van der Waals surface area (Å²) >= 11 is 5.88. The first-order chi connectivity index (χ1) is 7.11. The Kier molecular flexibility index (Phi) is 2.64. The largest absolute Gasteiger partial charge is 0.370 e. The van der Waals surface area contributed by atoms with Gasteiger partial charge in [-0.05, 0) is 19.9 Å². The van der Waals surface area contributed by atoms with Gasteiger partial charge in [0.05, 0.1) is 23.5 Å². The van der Waals surface area contributed by atoms with Crippen molar-refractivity contribution in [2.24, 2.45) is 0 Å². The van der Waals surface area contributed by atoms with Gasteiger partial charge < -0.3 is 4.74 Å². The number of fused-ring (bicyclic) bond motifs is 1. The summed E-state index contributed by atoms with van der Waals surface area (Å²) in [6.07, 6.45) is 0.898. The molecule has 3 nitrogen and oxygen atoms in total. The third kappa shape index (κ3) is 1.83. The van der Waals surface area contributed by atoms with Crippen molar-refractivity contribution < 1.29 is 4.74 Å². The second-order valence-corrected chi connectivity index (χ2v) is 4.13. The standard InChI is InChI=1S/C11H11ClN2O/c1-6-3-10-9(7(2)15-6)4-8(5-13)11(12)14-10/h4,6-7H,3H2,1-2H3. The van der Waals surface area contributed by atoms with E-state index in [2.05, 4.69) is 4.98 Å². The van der Waals surface area contributed by atoms with Gasteiger partial charge in [-0.15, -0.1) is 0 Å². The summed E-state index contributed by atoms with van der Waals surface area (Å²) in [5.74, 6) is 0. The maximum absolute atomic E-state index is 8.84. The lowest BCUT2D eigenvalue weighted by molar-refractivity contribution is -0.00594. The number of hydrogen-bond acceptors (Lipinski definition) is 3. The van der Waals surface area contributed by atoms with Crippen molar-refractivity contribution >= 4 is 11.6 Å². The topological polar surface area (TPSA) is 45.9 Å². The predicted molar refractivity (Wildman–Crippen MR) is 56.6 cm³/mol. The van der Waals surface area contributed by atoms with Crippen LogP contribution in [0.4, 0.5) is 0 Å². The third-order valence-corrected chi connectivity index (χ3v) is 2.85. The van der Waals surface area contributed by atoms with Gasteiger partial charge in [0, 0.05) is 12.0 Å². The number of ether oxygens (including phenoxy) is 1. The molecule has 1 aromatic rings. The zero-order valence-corrected chi connectivity index (χ0v) is 9.38. The lowest BCUT2D eigenvalue weighted by atomic mass is 9.99. The van der Waals surface area contributed by atoms with Gasteiger partial charge in [-0.3, -0.25) is 0 Å². The molecule has 0 bridgehead atoms. The maximum Gasteiger partial charge on any atom is 0.147 e. The predicted octanol–water partition coefficient (Wildman–Crippen LogP) is 2.63. The molecular weight excluding hydrogens is 212 g/mol. The van der Waals surface area contributed by atoms with Crippen LogP contribution in [-0.4, -0.2) is 11.1 Å². The van der Waals surface area contributed by atoms with Gasteiger partial charge in [0.15, 0.2) is 0 Å². The highest BCUT2D eigenvalue weighted by atomic mass is 35.5. The van der Waals surface area contributed by atoms with E-state index in [0.29, 0.717) is 5.56 Å². The van der Waals surface area contributed by atoms with Gasteiger partial charge in [0.2, 0.25) is 0 Å². The lowest BCUT2D eigenvalue weighted by Gasteiger charge is -2.27. The molecule has 1 aliphatic heterocycles. The molecule has 1 aliphatic rings. The van der Waals surface area contributed by atoms with Gasteiger partial charge in [-0.2, -0.15) is 5.26 Å². The zero-order chi connectivity index (χ0) is 11.0. The molecule has 1 aromatic heterocycles. The van der Waals surface area contributed by atoms with Crippen LogP contribution in [0.2, 0.25) is 5.15 Å². The molecule has 15 heavy (non-hydrogen) atoms. The molecule has 0 N–H and O–H groups in total. The fourth-order valence-electron chi connectivity index (χ4n) is 1.88. The molecule has 4 heteroatoms. The Balaban J connectivity index is 2.53. The lowest BCUT2D eigenvalue weighted by Crippen LogP contribution is -2.23. The summed E-state index contributed by atoms with van der Waals surface area (Å²) < 4.78 is 5.66. The van der Waals surface area contributed by atoms with Gasteiger partial charge in [-0.25, -0.2) is 4.98 Å². The molecule has 2 heterocycles. The normalized spacial score (nSPS) is 24.4. The number of aromatic nitrogens is 1. The Morgan fingerprint density at radius 2 is 2.33 bits per heavy atom. The second-order valence-electron chi connectivity index (χ2n) is 3.77. The highest BCUT2D eigenvalue weighted by Crippen LogP contribution is 2.31. The molecule has 0 amide bonds. The molecule has 0 aromatic carbocycles. The van der Waals surface area contributed by atoms with E-state index >= 15 is 0 Å². The van der Waals surface area contributed by atoms with Crippen molar-refractivity contribution in [1.82, 2.24) is 4.98 Å². The molecule has 0 saturated heterocycles. The minimum absolute atomic E-state index is 0.0133. The maximum atomic E-state index is 8.84. The van der Waals surface area contributed by atoms with E-state index in [1.165, 1.54) is 0 Å². The highest BCUT2D eigenvalue weighted by Gasteiger charge is 2.24. The van der Waals surface area contributed by atoms with Crippen LogP contribution in [-0.2, 0) is 11.2 Å². The molecule has 0 spiro atoms. The van der Waals surface area contributed by atoms with Crippen LogP contribution in [0.3, 0.4) is 0 Å². The van der Waals surface area contributed by atoms with Crippen molar-refractivity contribution in [3.63, 3.8) is 0 Å². The van der Waals surface area contributed by atoms with Crippen LogP contribution in [0.1, 0.15) is 36.8 Å². The van der Waals surface area contributed by atoms with E-state index in [-0.39, 0.29) is 17.4 Å². The van der Waals surface area contributed by atoms with Crippen molar-refractivity contribution in [2.45, 2.75) is 32.5 Å². The molecule has 78 valence electrons. The Morgan fingerprint density at radius 1 is 1.60 bits per heavy atom. The van der Waals surface area contributed by atoms with Crippen molar-refractivity contribution in [3.05, 3.63) is 28.0 Å². The Labute approximate surface area is 93.6 Å².